The molecule has 1 aliphatic rings. The summed E-state index contributed by atoms with van der Waals surface area (Å²) in [5.41, 5.74) is 4.11. The Hall–Kier alpha value is -2.90. The molecule has 0 unspecified atom stereocenters. The van der Waals surface area contributed by atoms with Crippen LogP contribution in [0.25, 0.3) is 0 Å². The number of hydrogen-bond donors (Lipinski definition) is 0. The lowest BCUT2D eigenvalue weighted by Crippen LogP contribution is -2.43. The third-order valence-electron chi connectivity index (χ3n) is 5.98. The number of benzene rings is 3. The number of furan rings is 1. The monoisotopic (exact) mass is 534 g/mol. The van der Waals surface area contributed by atoms with Crippen molar-refractivity contribution in [3.63, 3.8) is 0 Å². The highest BCUT2D eigenvalue weighted by Gasteiger charge is 2.44. The number of carbonyl (C=O) groups excluding carboxylic acids is 1. The van der Waals surface area contributed by atoms with E-state index in [1.807, 2.05) is 59.6 Å². The van der Waals surface area contributed by atoms with Crippen molar-refractivity contribution < 1.29 is 9.21 Å². The van der Waals surface area contributed by atoms with Crippen LogP contribution in [-0.4, -0.2) is 15.9 Å². The topological polar surface area (TPSA) is 36.7 Å². The normalized spacial score (nSPS) is 18.7. The maximum absolute atomic E-state index is 14.0. The Balaban J connectivity index is 1.63. The van der Waals surface area contributed by atoms with E-state index in [2.05, 4.69) is 64.0 Å². The van der Waals surface area contributed by atoms with Gasteiger partial charge in [-0.15, -0.1) is 0 Å². The zero-order chi connectivity index (χ0) is 21.9. The molecule has 5 rings (SSSR count). The molecule has 0 bridgehead atoms. The van der Waals surface area contributed by atoms with Gasteiger partial charge in [0.1, 0.15) is 0 Å². The molecule has 1 aromatic heterocycles. The molecule has 0 saturated carbocycles. The van der Waals surface area contributed by atoms with Gasteiger partial charge in [0.05, 0.1) is 30.2 Å². The van der Waals surface area contributed by atoms with Gasteiger partial charge in [0.25, 0.3) is 5.91 Å². The van der Waals surface area contributed by atoms with E-state index in [4.69, 9.17) is 4.42 Å². The summed E-state index contributed by atoms with van der Waals surface area (Å²) in [4.78, 5) is 14.0. The number of rotatable bonds is 5. The van der Waals surface area contributed by atoms with Crippen molar-refractivity contribution in [1.29, 1.82) is 0 Å². The van der Waals surface area contributed by atoms with Crippen molar-refractivity contribution in [3.8, 4) is 0 Å². The third kappa shape index (κ3) is 4.10. The quantitative estimate of drug-likeness (QED) is 0.270. The molecule has 4 aromatic rings. The predicted molar refractivity (Wildman–Crippen MR) is 133 cm³/mol. The SMILES string of the molecule is O=C(c1ccccc1I)N1[C@H](c2ccccc2)C[C@H](c2ccccc2)N1Cc1ccoc1. The molecule has 5 heteroatoms. The number of hydrazine groups is 1. The molecule has 4 nitrogen and oxygen atoms in total. The lowest BCUT2D eigenvalue weighted by molar-refractivity contribution is -0.0187. The maximum Gasteiger partial charge on any atom is 0.269 e. The van der Waals surface area contributed by atoms with Crippen LogP contribution in [0.2, 0.25) is 0 Å². The minimum absolute atomic E-state index is 0.0192. The van der Waals surface area contributed by atoms with Crippen LogP contribution in [-0.2, 0) is 6.54 Å². The fourth-order valence-corrected chi connectivity index (χ4v) is 5.09. The molecule has 1 amide bonds. The van der Waals surface area contributed by atoms with Gasteiger partial charge < -0.3 is 4.42 Å². The molecular formula is C27H23IN2O2. The molecule has 1 aliphatic heterocycles. The minimum atomic E-state index is -0.0585. The first kappa shape index (κ1) is 21.0. The summed E-state index contributed by atoms with van der Waals surface area (Å²) < 4.78 is 6.30. The van der Waals surface area contributed by atoms with Gasteiger partial charge in [-0.05, 0) is 58.3 Å². The van der Waals surface area contributed by atoms with Crippen LogP contribution >= 0.6 is 22.6 Å². The lowest BCUT2D eigenvalue weighted by Gasteiger charge is -2.35. The van der Waals surface area contributed by atoms with E-state index in [0.717, 1.165) is 26.7 Å². The first-order valence-electron chi connectivity index (χ1n) is 10.7. The summed E-state index contributed by atoms with van der Waals surface area (Å²) in [5.74, 6) is 0.0192. The molecule has 32 heavy (non-hydrogen) atoms. The third-order valence-corrected chi connectivity index (χ3v) is 6.92. The second-order valence-electron chi connectivity index (χ2n) is 7.95. The highest BCUT2D eigenvalue weighted by Crippen LogP contribution is 2.45. The Morgan fingerprint density at radius 1 is 0.844 bits per heavy atom. The Labute approximate surface area is 201 Å². The average molecular weight is 534 g/mol. The number of amides is 1. The van der Waals surface area contributed by atoms with E-state index in [1.54, 1.807) is 12.5 Å². The maximum atomic E-state index is 14.0. The summed E-state index contributed by atoms with van der Waals surface area (Å²) in [6.07, 6.45) is 4.26. The van der Waals surface area contributed by atoms with Crippen molar-refractivity contribution in [2.24, 2.45) is 0 Å². The van der Waals surface area contributed by atoms with Crippen molar-refractivity contribution in [2.75, 3.05) is 0 Å². The molecule has 0 radical (unpaired) electrons. The second kappa shape index (κ2) is 9.30. The van der Waals surface area contributed by atoms with Crippen molar-refractivity contribution in [2.45, 2.75) is 25.0 Å². The Morgan fingerprint density at radius 3 is 2.09 bits per heavy atom. The molecule has 160 valence electrons. The standard InChI is InChI=1S/C27H23IN2O2/c28-24-14-8-7-13-23(24)27(31)30-26(22-11-5-2-6-12-22)17-25(21-9-3-1-4-10-21)29(30)18-20-15-16-32-19-20/h1-16,19,25-26H,17-18H2/t25-,26+/m1/s1. The zero-order valence-electron chi connectivity index (χ0n) is 17.5. The molecule has 0 N–H and O–H groups in total. The first-order chi connectivity index (χ1) is 15.7. The van der Waals surface area contributed by atoms with Gasteiger partial charge in [0, 0.05) is 15.7 Å². The van der Waals surface area contributed by atoms with Gasteiger partial charge in [0.2, 0.25) is 0 Å². The summed E-state index contributed by atoms with van der Waals surface area (Å²) in [7, 11) is 0. The molecule has 1 fully saturated rings. The smallest absolute Gasteiger partial charge is 0.269 e. The fourth-order valence-electron chi connectivity index (χ4n) is 4.47. The van der Waals surface area contributed by atoms with Crippen molar-refractivity contribution in [3.05, 3.63) is 129 Å². The van der Waals surface area contributed by atoms with Crippen LogP contribution in [0, 0.1) is 3.57 Å². The van der Waals surface area contributed by atoms with Crippen LogP contribution in [0.3, 0.4) is 0 Å². The van der Waals surface area contributed by atoms with Gasteiger partial charge in [-0.25, -0.2) is 5.01 Å². The average Bonchev–Trinajstić information content (AvgIpc) is 3.49. The van der Waals surface area contributed by atoms with E-state index in [-0.39, 0.29) is 18.0 Å². The van der Waals surface area contributed by atoms with Gasteiger partial charge in [-0.3, -0.25) is 9.80 Å². The van der Waals surface area contributed by atoms with E-state index in [1.165, 1.54) is 5.56 Å². The number of hydrogen-bond acceptors (Lipinski definition) is 3. The first-order valence-corrected chi connectivity index (χ1v) is 11.8. The number of halogens is 1. The van der Waals surface area contributed by atoms with Crippen LogP contribution in [0.1, 0.15) is 45.6 Å². The highest BCUT2D eigenvalue weighted by atomic mass is 127. The van der Waals surface area contributed by atoms with Gasteiger partial charge in [-0.2, -0.15) is 0 Å². The molecule has 0 aliphatic carbocycles. The van der Waals surface area contributed by atoms with E-state index in [9.17, 15) is 4.79 Å². The number of carbonyl (C=O) groups is 1. The Bertz CT molecular complexity index is 1180. The Kier molecular flexibility index (Phi) is 6.10. The highest BCUT2D eigenvalue weighted by molar-refractivity contribution is 14.1. The molecule has 2 heterocycles. The van der Waals surface area contributed by atoms with Crippen LogP contribution < -0.4 is 0 Å². The number of nitrogens with zero attached hydrogens (tertiary/aromatic N) is 2. The zero-order valence-corrected chi connectivity index (χ0v) is 19.6. The van der Waals surface area contributed by atoms with Gasteiger partial charge in [-0.1, -0.05) is 72.8 Å². The van der Waals surface area contributed by atoms with Gasteiger partial charge in [0.15, 0.2) is 0 Å². The van der Waals surface area contributed by atoms with Gasteiger partial charge >= 0.3 is 0 Å². The van der Waals surface area contributed by atoms with Crippen LogP contribution in [0.4, 0.5) is 0 Å². The van der Waals surface area contributed by atoms with E-state index in [0.29, 0.717) is 6.54 Å². The predicted octanol–water partition coefficient (Wildman–Crippen LogP) is 6.63. The van der Waals surface area contributed by atoms with Crippen LogP contribution in [0.5, 0.6) is 0 Å². The molecule has 1 saturated heterocycles. The summed E-state index contributed by atoms with van der Waals surface area (Å²) in [6, 6.07) is 30.6. The summed E-state index contributed by atoms with van der Waals surface area (Å²) >= 11 is 2.25. The van der Waals surface area contributed by atoms with E-state index >= 15 is 0 Å². The van der Waals surface area contributed by atoms with Crippen molar-refractivity contribution >= 4 is 28.5 Å². The fraction of sp³-hybridized carbons (Fsp3) is 0.148. The molecule has 2 atom stereocenters. The molecule has 0 spiro atoms. The summed E-state index contributed by atoms with van der Waals surface area (Å²) in [5, 5.41) is 4.18. The Morgan fingerprint density at radius 2 is 1.47 bits per heavy atom. The van der Waals surface area contributed by atoms with Crippen LogP contribution in [0.15, 0.2) is 108 Å². The minimum Gasteiger partial charge on any atom is -0.472 e. The van der Waals surface area contributed by atoms with E-state index < -0.39 is 0 Å². The molecule has 3 aromatic carbocycles. The largest absolute Gasteiger partial charge is 0.472 e. The summed E-state index contributed by atoms with van der Waals surface area (Å²) in [6.45, 7) is 0.592. The molecular weight excluding hydrogens is 511 g/mol. The van der Waals surface area contributed by atoms with Crippen molar-refractivity contribution in [1.82, 2.24) is 10.0 Å². The lowest BCUT2D eigenvalue weighted by atomic mass is 9.96. The second-order valence-corrected chi connectivity index (χ2v) is 9.11.